The van der Waals surface area contributed by atoms with Crippen LogP contribution in [0.1, 0.15) is 28.8 Å². The van der Waals surface area contributed by atoms with Crippen molar-refractivity contribution in [3.63, 3.8) is 0 Å². The van der Waals surface area contributed by atoms with Gasteiger partial charge in [-0.05, 0) is 50.1 Å². The summed E-state index contributed by atoms with van der Waals surface area (Å²) in [6, 6.07) is 11.0. The first-order chi connectivity index (χ1) is 16.1. The van der Waals surface area contributed by atoms with E-state index in [1.807, 2.05) is 6.92 Å². The van der Waals surface area contributed by atoms with Crippen molar-refractivity contribution in [1.82, 2.24) is 13.5 Å². The highest BCUT2D eigenvalue weighted by Crippen LogP contribution is 2.28. The third-order valence-corrected chi connectivity index (χ3v) is 10.1. The molecule has 2 aliphatic rings. The monoisotopic (exact) mass is 507 g/mol. The summed E-state index contributed by atoms with van der Waals surface area (Å²) in [7, 11) is -5.92. The van der Waals surface area contributed by atoms with E-state index in [-0.39, 0.29) is 53.2 Å². The van der Waals surface area contributed by atoms with Gasteiger partial charge in [-0.3, -0.25) is 4.79 Å². The van der Waals surface area contributed by atoms with Crippen LogP contribution in [0, 0.1) is 6.92 Å². The number of ether oxygens (including phenoxy) is 1. The van der Waals surface area contributed by atoms with Gasteiger partial charge in [-0.2, -0.15) is 8.61 Å². The van der Waals surface area contributed by atoms with E-state index in [0.29, 0.717) is 13.1 Å². The first-order valence-corrected chi connectivity index (χ1v) is 14.1. The molecule has 0 N–H and O–H groups in total. The topological polar surface area (TPSA) is 104 Å². The SMILES string of the molecule is COc1ccc(S(=O)(=O)N2CCCC2)cc1C(=O)N1CCN(S(=O)(=O)c2ccc(C)cc2)CC1. The van der Waals surface area contributed by atoms with Crippen LogP contribution in [-0.4, -0.2) is 82.6 Å². The van der Waals surface area contributed by atoms with Crippen molar-refractivity contribution in [2.24, 2.45) is 0 Å². The van der Waals surface area contributed by atoms with E-state index < -0.39 is 20.0 Å². The minimum atomic E-state index is -3.69. The zero-order chi connectivity index (χ0) is 24.5. The zero-order valence-corrected chi connectivity index (χ0v) is 20.9. The number of aryl methyl sites for hydroxylation is 1. The van der Waals surface area contributed by atoms with Crippen LogP contribution >= 0.6 is 0 Å². The largest absolute Gasteiger partial charge is 0.496 e. The maximum absolute atomic E-state index is 13.3. The lowest BCUT2D eigenvalue weighted by molar-refractivity contribution is 0.0694. The quantitative estimate of drug-likeness (QED) is 0.592. The van der Waals surface area contributed by atoms with Crippen molar-refractivity contribution < 1.29 is 26.4 Å². The molecular weight excluding hydrogens is 478 g/mol. The summed E-state index contributed by atoms with van der Waals surface area (Å²) in [6.45, 7) is 3.50. The Balaban J connectivity index is 1.52. The predicted octanol–water partition coefficient (Wildman–Crippen LogP) is 1.93. The maximum Gasteiger partial charge on any atom is 0.257 e. The van der Waals surface area contributed by atoms with Crippen LogP contribution in [0.2, 0.25) is 0 Å². The van der Waals surface area contributed by atoms with Crippen LogP contribution in [0.3, 0.4) is 0 Å². The third-order valence-electron chi connectivity index (χ3n) is 6.29. The van der Waals surface area contributed by atoms with Crippen LogP contribution in [-0.2, 0) is 20.0 Å². The lowest BCUT2D eigenvalue weighted by atomic mass is 10.1. The molecule has 2 aromatic rings. The summed E-state index contributed by atoms with van der Waals surface area (Å²) in [4.78, 5) is 15.1. The lowest BCUT2D eigenvalue weighted by Gasteiger charge is -2.34. The highest BCUT2D eigenvalue weighted by Gasteiger charge is 2.33. The average Bonchev–Trinajstić information content (AvgIpc) is 3.39. The van der Waals surface area contributed by atoms with Gasteiger partial charge in [0.25, 0.3) is 5.91 Å². The number of hydrogen-bond acceptors (Lipinski definition) is 6. The molecule has 2 heterocycles. The Hall–Kier alpha value is -2.47. The van der Waals surface area contributed by atoms with Crippen LogP contribution < -0.4 is 4.74 Å². The van der Waals surface area contributed by atoms with E-state index in [9.17, 15) is 21.6 Å². The van der Waals surface area contributed by atoms with Gasteiger partial charge in [-0.1, -0.05) is 17.7 Å². The Bertz CT molecular complexity index is 1260. The number of methoxy groups -OCH3 is 1. The minimum absolute atomic E-state index is 0.0548. The summed E-state index contributed by atoms with van der Waals surface area (Å²) in [5, 5.41) is 0. The molecule has 9 nitrogen and oxygen atoms in total. The minimum Gasteiger partial charge on any atom is -0.496 e. The predicted molar refractivity (Wildman–Crippen MR) is 127 cm³/mol. The smallest absolute Gasteiger partial charge is 0.257 e. The summed E-state index contributed by atoms with van der Waals surface area (Å²) < 4.78 is 60.0. The Morgan fingerprint density at radius 1 is 0.765 bits per heavy atom. The standard InChI is InChI=1S/C23H29N3O6S2/c1-18-5-7-19(8-6-18)33(28,29)26-15-13-24(14-16-26)23(27)21-17-20(9-10-22(21)32-2)34(30,31)25-11-3-4-12-25/h5-10,17H,3-4,11-16H2,1-2H3. The van der Waals surface area contributed by atoms with Gasteiger partial charge in [-0.25, -0.2) is 16.8 Å². The fourth-order valence-corrected chi connectivity index (χ4v) is 7.22. The van der Waals surface area contributed by atoms with Gasteiger partial charge >= 0.3 is 0 Å². The number of carbonyl (C=O) groups excluding carboxylic acids is 1. The second-order valence-electron chi connectivity index (χ2n) is 8.48. The summed E-state index contributed by atoms with van der Waals surface area (Å²) in [6.07, 6.45) is 1.63. The molecule has 34 heavy (non-hydrogen) atoms. The highest BCUT2D eigenvalue weighted by atomic mass is 32.2. The molecule has 0 radical (unpaired) electrons. The molecule has 2 aliphatic heterocycles. The molecule has 2 fully saturated rings. The normalized spacial score (nSPS) is 18.2. The Morgan fingerprint density at radius 2 is 1.29 bits per heavy atom. The van der Waals surface area contributed by atoms with Crippen LogP contribution in [0.15, 0.2) is 52.3 Å². The van der Waals surface area contributed by atoms with Crippen molar-refractivity contribution in [3.8, 4) is 5.75 Å². The maximum atomic E-state index is 13.3. The molecule has 4 rings (SSSR count). The van der Waals surface area contributed by atoms with E-state index in [1.165, 1.54) is 38.8 Å². The molecule has 0 aromatic heterocycles. The molecule has 0 aliphatic carbocycles. The van der Waals surface area contributed by atoms with Gasteiger partial charge in [0, 0.05) is 39.3 Å². The molecule has 0 saturated carbocycles. The summed E-state index contributed by atoms with van der Waals surface area (Å²) >= 11 is 0. The van der Waals surface area contributed by atoms with Crippen LogP contribution in [0.4, 0.5) is 0 Å². The molecule has 11 heteroatoms. The molecule has 0 unspecified atom stereocenters. The van der Waals surface area contributed by atoms with Crippen molar-refractivity contribution in [3.05, 3.63) is 53.6 Å². The van der Waals surface area contributed by atoms with Crippen molar-refractivity contribution in [2.45, 2.75) is 29.6 Å². The second-order valence-corrected chi connectivity index (χ2v) is 12.4. The van der Waals surface area contributed by atoms with Gasteiger partial charge in [-0.15, -0.1) is 0 Å². The molecule has 184 valence electrons. The Kier molecular flexibility index (Phi) is 6.99. The van der Waals surface area contributed by atoms with E-state index in [2.05, 4.69) is 0 Å². The van der Waals surface area contributed by atoms with Gasteiger partial charge in [0.1, 0.15) is 5.75 Å². The first kappa shape index (κ1) is 24.6. The third kappa shape index (κ3) is 4.70. The van der Waals surface area contributed by atoms with E-state index in [1.54, 1.807) is 24.3 Å². The number of piperazine rings is 1. The van der Waals surface area contributed by atoms with Crippen molar-refractivity contribution >= 4 is 26.0 Å². The molecule has 0 bridgehead atoms. The molecule has 1 amide bonds. The van der Waals surface area contributed by atoms with Crippen molar-refractivity contribution in [2.75, 3.05) is 46.4 Å². The lowest BCUT2D eigenvalue weighted by Crippen LogP contribution is -2.50. The van der Waals surface area contributed by atoms with Crippen LogP contribution in [0.5, 0.6) is 5.75 Å². The first-order valence-electron chi connectivity index (χ1n) is 11.2. The number of benzene rings is 2. The Labute approximate surface area is 201 Å². The number of carbonyl (C=O) groups is 1. The number of sulfonamides is 2. The number of amides is 1. The fourth-order valence-electron chi connectivity index (χ4n) is 4.25. The molecular formula is C23H29N3O6S2. The van der Waals surface area contributed by atoms with Crippen molar-refractivity contribution in [1.29, 1.82) is 0 Å². The fraction of sp³-hybridized carbons (Fsp3) is 0.435. The van der Waals surface area contributed by atoms with Gasteiger partial charge in [0.2, 0.25) is 20.0 Å². The second kappa shape index (κ2) is 9.65. The molecule has 0 atom stereocenters. The number of rotatable bonds is 6. The summed E-state index contributed by atoms with van der Waals surface area (Å²) in [5.41, 5.74) is 1.12. The molecule has 2 saturated heterocycles. The molecule has 2 aromatic carbocycles. The number of nitrogens with zero attached hydrogens (tertiary/aromatic N) is 3. The van der Waals surface area contributed by atoms with Gasteiger partial charge < -0.3 is 9.64 Å². The molecule has 0 spiro atoms. The summed E-state index contributed by atoms with van der Waals surface area (Å²) in [5.74, 6) is -0.109. The van der Waals surface area contributed by atoms with Crippen LogP contribution in [0.25, 0.3) is 0 Å². The number of hydrogen-bond donors (Lipinski definition) is 0. The zero-order valence-electron chi connectivity index (χ0n) is 19.3. The van der Waals surface area contributed by atoms with Gasteiger partial charge in [0.05, 0.1) is 22.5 Å². The van der Waals surface area contributed by atoms with E-state index in [0.717, 1.165) is 18.4 Å². The Morgan fingerprint density at radius 3 is 1.88 bits per heavy atom. The van der Waals surface area contributed by atoms with E-state index in [4.69, 9.17) is 4.74 Å². The highest BCUT2D eigenvalue weighted by molar-refractivity contribution is 7.89. The van der Waals surface area contributed by atoms with E-state index >= 15 is 0 Å². The van der Waals surface area contributed by atoms with Gasteiger partial charge in [0.15, 0.2) is 0 Å². The average molecular weight is 508 g/mol.